The Labute approximate surface area is 174 Å². The second-order valence-electron chi connectivity index (χ2n) is 5.30. The Morgan fingerprint density at radius 3 is 2.48 bits per heavy atom. The highest BCUT2D eigenvalue weighted by Gasteiger charge is 2.05. The van der Waals surface area contributed by atoms with Crippen molar-refractivity contribution in [1.82, 2.24) is 0 Å². The minimum Gasteiger partial charge on any atom is -0.493 e. The first-order chi connectivity index (χ1) is 12.5. The molecule has 0 atom stereocenters. The topological polar surface area (TPSA) is 121 Å². The lowest BCUT2D eigenvalue weighted by molar-refractivity contribution is -0.119. The molecule has 0 spiro atoms. The van der Waals surface area contributed by atoms with Crippen LogP contribution in [0, 0.1) is 0 Å². The number of nitrogens with one attached hydrogen (secondary N) is 1. The number of hydrogen-bond donors (Lipinski definition) is 3. The van der Waals surface area contributed by atoms with Gasteiger partial charge in [0.15, 0.2) is 24.1 Å². The molecule has 0 unspecified atom stereocenters. The van der Waals surface area contributed by atoms with E-state index in [9.17, 15) is 4.79 Å². The summed E-state index contributed by atoms with van der Waals surface area (Å²) in [5.74, 6) is 1.48. The fourth-order valence-corrected chi connectivity index (χ4v) is 2.17. The zero-order valence-corrected chi connectivity index (χ0v) is 17.4. The number of aliphatic imine (C=N–C) groups is 1. The van der Waals surface area contributed by atoms with Crippen LogP contribution in [0.3, 0.4) is 0 Å². The number of rotatable bonds is 8. The van der Waals surface area contributed by atoms with E-state index in [-0.39, 0.29) is 36.5 Å². The van der Waals surface area contributed by atoms with Crippen molar-refractivity contribution in [3.05, 3.63) is 48.0 Å². The number of hydrogen-bond acceptors (Lipinski definition) is 5. The molecule has 0 saturated carbocycles. The zero-order chi connectivity index (χ0) is 18.9. The summed E-state index contributed by atoms with van der Waals surface area (Å²) in [6.45, 7) is 0.176. The van der Waals surface area contributed by atoms with E-state index in [1.165, 1.54) is 0 Å². The van der Waals surface area contributed by atoms with E-state index in [1.54, 1.807) is 44.6 Å². The molecular formula is C18H23IN4O4. The number of anilines is 1. The molecule has 0 aromatic heterocycles. The lowest BCUT2D eigenvalue weighted by atomic mass is 10.2. The van der Waals surface area contributed by atoms with Gasteiger partial charge in [0.25, 0.3) is 5.91 Å². The van der Waals surface area contributed by atoms with Crippen LogP contribution in [-0.2, 0) is 11.3 Å². The number of methoxy groups -OCH3 is 2. The number of guanidine groups is 1. The van der Waals surface area contributed by atoms with Crippen LogP contribution in [0.25, 0.3) is 0 Å². The minimum atomic E-state index is -0.531. The summed E-state index contributed by atoms with van der Waals surface area (Å²) >= 11 is 0. The summed E-state index contributed by atoms with van der Waals surface area (Å²) in [4.78, 5) is 15.1. The number of carbonyl (C=O) groups is 1. The van der Waals surface area contributed by atoms with Crippen LogP contribution in [-0.4, -0.2) is 32.7 Å². The monoisotopic (exact) mass is 486 g/mol. The SMILES string of the molecule is COc1ccc(NC(N)=NCc2cccc(OCC(N)=O)c2)cc1OC.I. The number of ether oxygens (including phenoxy) is 3. The third-order valence-electron chi connectivity index (χ3n) is 3.37. The summed E-state index contributed by atoms with van der Waals surface area (Å²) in [5, 5.41) is 2.99. The van der Waals surface area contributed by atoms with Crippen LogP contribution in [0.4, 0.5) is 5.69 Å². The van der Waals surface area contributed by atoms with Crippen LogP contribution in [0.2, 0.25) is 0 Å². The van der Waals surface area contributed by atoms with Gasteiger partial charge >= 0.3 is 0 Å². The van der Waals surface area contributed by atoms with Gasteiger partial charge < -0.3 is 31.0 Å². The molecule has 2 aromatic rings. The van der Waals surface area contributed by atoms with E-state index in [0.717, 1.165) is 11.3 Å². The molecule has 9 heteroatoms. The molecule has 1 amide bonds. The van der Waals surface area contributed by atoms with Gasteiger partial charge in [0.2, 0.25) is 0 Å². The lowest BCUT2D eigenvalue weighted by Crippen LogP contribution is -2.22. The Kier molecular flexibility index (Phi) is 9.20. The highest BCUT2D eigenvalue weighted by atomic mass is 127. The molecule has 8 nitrogen and oxygen atoms in total. The molecule has 2 aromatic carbocycles. The third-order valence-corrected chi connectivity index (χ3v) is 3.37. The highest BCUT2D eigenvalue weighted by Crippen LogP contribution is 2.29. The number of halogens is 1. The second kappa shape index (κ2) is 11.1. The Morgan fingerprint density at radius 1 is 1.07 bits per heavy atom. The van der Waals surface area contributed by atoms with Gasteiger partial charge in [-0.25, -0.2) is 4.99 Å². The van der Waals surface area contributed by atoms with Gasteiger partial charge in [0, 0.05) is 11.8 Å². The number of amides is 1. The van der Waals surface area contributed by atoms with Crippen LogP contribution in [0.1, 0.15) is 5.56 Å². The molecular weight excluding hydrogens is 463 g/mol. The second-order valence-corrected chi connectivity index (χ2v) is 5.30. The molecule has 0 bridgehead atoms. The first-order valence-electron chi connectivity index (χ1n) is 7.81. The van der Waals surface area contributed by atoms with Crippen molar-refractivity contribution in [3.8, 4) is 17.2 Å². The lowest BCUT2D eigenvalue weighted by Gasteiger charge is -2.11. The van der Waals surface area contributed by atoms with E-state index in [4.69, 9.17) is 25.7 Å². The third kappa shape index (κ3) is 7.21. The summed E-state index contributed by atoms with van der Waals surface area (Å²) < 4.78 is 15.7. The molecule has 0 saturated heterocycles. The fourth-order valence-electron chi connectivity index (χ4n) is 2.17. The van der Waals surface area contributed by atoms with Gasteiger partial charge in [0.1, 0.15) is 5.75 Å². The van der Waals surface area contributed by atoms with Crippen molar-refractivity contribution in [2.75, 3.05) is 26.1 Å². The van der Waals surface area contributed by atoms with Gasteiger partial charge in [-0.15, -0.1) is 24.0 Å². The molecule has 0 radical (unpaired) electrons. The summed E-state index contributed by atoms with van der Waals surface area (Å²) in [6.07, 6.45) is 0. The zero-order valence-electron chi connectivity index (χ0n) is 15.1. The molecule has 27 heavy (non-hydrogen) atoms. The average molecular weight is 486 g/mol. The van der Waals surface area contributed by atoms with Crippen LogP contribution < -0.4 is 31.0 Å². The number of carbonyl (C=O) groups excluding carboxylic acids is 1. The largest absolute Gasteiger partial charge is 0.493 e. The Morgan fingerprint density at radius 2 is 1.81 bits per heavy atom. The Balaban J connectivity index is 0.00000364. The van der Waals surface area contributed by atoms with Crippen LogP contribution in [0.15, 0.2) is 47.5 Å². The maximum atomic E-state index is 10.8. The van der Waals surface area contributed by atoms with Crippen molar-refractivity contribution >= 4 is 41.5 Å². The quantitative estimate of drug-likeness (QED) is 0.299. The predicted molar refractivity (Wildman–Crippen MR) is 115 cm³/mol. The molecule has 0 fully saturated rings. The Hall–Kier alpha value is -2.69. The van der Waals surface area contributed by atoms with Crippen LogP contribution >= 0.6 is 24.0 Å². The molecule has 0 aliphatic rings. The minimum absolute atomic E-state index is 0. The van der Waals surface area contributed by atoms with Crippen LogP contribution in [0.5, 0.6) is 17.2 Å². The normalized spacial score (nSPS) is 10.5. The van der Waals surface area contributed by atoms with Crippen molar-refractivity contribution < 1.29 is 19.0 Å². The predicted octanol–water partition coefficient (Wildman–Crippen LogP) is 2.11. The van der Waals surface area contributed by atoms with E-state index >= 15 is 0 Å². The number of primary amides is 1. The van der Waals surface area contributed by atoms with E-state index in [2.05, 4.69) is 10.3 Å². The van der Waals surface area contributed by atoms with E-state index in [1.807, 2.05) is 12.1 Å². The highest BCUT2D eigenvalue weighted by molar-refractivity contribution is 14.0. The molecule has 5 N–H and O–H groups in total. The first-order valence-corrected chi connectivity index (χ1v) is 7.81. The van der Waals surface area contributed by atoms with E-state index < -0.39 is 5.91 Å². The maximum Gasteiger partial charge on any atom is 0.255 e. The molecule has 0 heterocycles. The van der Waals surface area contributed by atoms with Gasteiger partial charge in [-0.05, 0) is 29.8 Å². The average Bonchev–Trinajstić information content (AvgIpc) is 2.65. The summed E-state index contributed by atoms with van der Waals surface area (Å²) in [7, 11) is 3.13. The summed E-state index contributed by atoms with van der Waals surface area (Å²) in [5.41, 5.74) is 12.6. The number of benzene rings is 2. The smallest absolute Gasteiger partial charge is 0.255 e. The van der Waals surface area contributed by atoms with Gasteiger partial charge in [0.05, 0.1) is 20.8 Å². The standard InChI is InChI=1S/C18H22N4O4.HI/c1-24-15-7-6-13(9-16(15)25-2)22-18(20)21-10-12-4-3-5-14(8-12)26-11-17(19)23;/h3-9H,10-11H2,1-2H3,(H2,19,23)(H3,20,21,22);1H. The number of nitrogens with zero attached hydrogens (tertiary/aromatic N) is 1. The number of nitrogens with two attached hydrogens (primary N) is 2. The molecule has 0 aliphatic carbocycles. The molecule has 0 aliphatic heterocycles. The summed E-state index contributed by atoms with van der Waals surface area (Å²) in [6, 6.07) is 12.5. The van der Waals surface area contributed by atoms with Crippen molar-refractivity contribution in [2.45, 2.75) is 6.54 Å². The molecule has 146 valence electrons. The molecule has 2 rings (SSSR count). The Bertz CT molecular complexity index is 799. The van der Waals surface area contributed by atoms with Crippen molar-refractivity contribution in [2.24, 2.45) is 16.5 Å². The van der Waals surface area contributed by atoms with Gasteiger partial charge in [-0.2, -0.15) is 0 Å². The maximum absolute atomic E-state index is 10.8. The fraction of sp³-hybridized carbons (Fsp3) is 0.222. The van der Waals surface area contributed by atoms with Gasteiger partial charge in [-0.1, -0.05) is 12.1 Å². The van der Waals surface area contributed by atoms with Crippen molar-refractivity contribution in [1.29, 1.82) is 0 Å². The first kappa shape index (κ1) is 22.4. The van der Waals surface area contributed by atoms with Crippen molar-refractivity contribution in [3.63, 3.8) is 0 Å². The van der Waals surface area contributed by atoms with E-state index in [0.29, 0.717) is 23.8 Å². The van der Waals surface area contributed by atoms with Gasteiger partial charge in [-0.3, -0.25) is 4.79 Å².